The van der Waals surface area contributed by atoms with E-state index in [9.17, 15) is 4.79 Å². The van der Waals surface area contributed by atoms with Gasteiger partial charge in [-0.05, 0) is 37.0 Å². The third kappa shape index (κ3) is 5.87. The first-order valence-electron chi connectivity index (χ1n) is 9.12. The molecule has 24 heavy (non-hydrogen) atoms. The molecule has 0 aliphatic carbocycles. The molecule has 1 saturated heterocycles. The zero-order valence-electron chi connectivity index (χ0n) is 14.8. The van der Waals surface area contributed by atoms with Crippen molar-refractivity contribution in [3.8, 4) is 0 Å². The third-order valence-corrected chi connectivity index (χ3v) is 4.39. The number of hydrogen-bond donors (Lipinski definition) is 2. The van der Waals surface area contributed by atoms with Crippen LogP contribution < -0.4 is 11.1 Å². The summed E-state index contributed by atoms with van der Waals surface area (Å²) in [4.78, 5) is 18.7. The Morgan fingerprint density at radius 1 is 1.17 bits per heavy atom. The number of benzene rings is 1. The van der Waals surface area contributed by atoms with Crippen molar-refractivity contribution in [2.24, 2.45) is 10.7 Å². The topological polar surface area (TPSA) is 70.7 Å². The van der Waals surface area contributed by atoms with Crippen LogP contribution in [0.25, 0.3) is 0 Å². The fraction of sp³-hybridized carbons (Fsp3) is 0.579. The van der Waals surface area contributed by atoms with E-state index in [0.717, 1.165) is 38.0 Å². The van der Waals surface area contributed by atoms with E-state index < -0.39 is 0 Å². The number of amides is 1. The van der Waals surface area contributed by atoms with Gasteiger partial charge >= 0.3 is 0 Å². The first kappa shape index (κ1) is 18.3. The minimum absolute atomic E-state index is 0.0115. The van der Waals surface area contributed by atoms with Gasteiger partial charge in [0.25, 0.3) is 5.91 Å². The summed E-state index contributed by atoms with van der Waals surface area (Å²) in [6.45, 7) is 5.41. The Morgan fingerprint density at radius 3 is 2.46 bits per heavy atom. The summed E-state index contributed by atoms with van der Waals surface area (Å²) in [6, 6.07) is 7.62. The van der Waals surface area contributed by atoms with E-state index in [2.05, 4.69) is 22.1 Å². The molecule has 1 aliphatic heterocycles. The summed E-state index contributed by atoms with van der Waals surface area (Å²) >= 11 is 0. The molecule has 0 spiro atoms. The lowest BCUT2D eigenvalue weighted by Crippen LogP contribution is -2.38. The average molecular weight is 330 g/mol. The Kier molecular flexibility index (Phi) is 7.59. The standard InChI is InChI=1S/C19H30N4O/c1-2-3-12-21-18(24)17-10-8-16(9-11-17)15-22-19(20)23-13-6-4-5-7-14-23/h8-11H,2-7,12-15H2,1H3,(H2,20,22)(H,21,24). The van der Waals surface area contributed by atoms with Gasteiger partial charge in [0.05, 0.1) is 6.54 Å². The monoisotopic (exact) mass is 330 g/mol. The number of guanidine groups is 1. The van der Waals surface area contributed by atoms with Crippen LogP contribution in [0, 0.1) is 0 Å². The van der Waals surface area contributed by atoms with Crippen LogP contribution in [-0.2, 0) is 6.54 Å². The lowest BCUT2D eigenvalue weighted by molar-refractivity contribution is 0.0953. The molecule has 0 saturated carbocycles. The van der Waals surface area contributed by atoms with E-state index in [1.54, 1.807) is 0 Å². The molecule has 1 aromatic carbocycles. The Hall–Kier alpha value is -2.04. The first-order valence-corrected chi connectivity index (χ1v) is 9.12. The molecule has 1 heterocycles. The van der Waals surface area contributed by atoms with Crippen molar-refractivity contribution in [2.45, 2.75) is 52.0 Å². The molecule has 1 fully saturated rings. The van der Waals surface area contributed by atoms with Crippen LogP contribution in [0.1, 0.15) is 61.4 Å². The van der Waals surface area contributed by atoms with Gasteiger partial charge in [-0.25, -0.2) is 4.99 Å². The lowest BCUT2D eigenvalue weighted by Gasteiger charge is -2.21. The molecule has 1 aliphatic rings. The molecule has 3 N–H and O–H groups in total. The highest BCUT2D eigenvalue weighted by Crippen LogP contribution is 2.10. The molecule has 5 nitrogen and oxygen atoms in total. The Labute approximate surface area is 145 Å². The fourth-order valence-corrected chi connectivity index (χ4v) is 2.81. The number of rotatable bonds is 6. The number of hydrogen-bond acceptors (Lipinski definition) is 2. The predicted molar refractivity (Wildman–Crippen MR) is 99.1 cm³/mol. The number of carbonyl (C=O) groups is 1. The van der Waals surface area contributed by atoms with Crippen molar-refractivity contribution in [3.05, 3.63) is 35.4 Å². The van der Waals surface area contributed by atoms with E-state index >= 15 is 0 Å². The molecule has 5 heteroatoms. The molecule has 1 aromatic rings. The van der Waals surface area contributed by atoms with Crippen molar-refractivity contribution < 1.29 is 4.79 Å². The third-order valence-electron chi connectivity index (χ3n) is 4.39. The van der Waals surface area contributed by atoms with E-state index in [0.29, 0.717) is 18.1 Å². The highest BCUT2D eigenvalue weighted by molar-refractivity contribution is 5.94. The number of nitrogens with zero attached hydrogens (tertiary/aromatic N) is 2. The summed E-state index contributed by atoms with van der Waals surface area (Å²) in [7, 11) is 0. The predicted octanol–water partition coefficient (Wildman–Crippen LogP) is 2.91. The van der Waals surface area contributed by atoms with Crippen LogP contribution in [0.4, 0.5) is 0 Å². The molecule has 132 valence electrons. The Balaban J connectivity index is 1.86. The number of nitrogens with one attached hydrogen (secondary N) is 1. The van der Waals surface area contributed by atoms with E-state index in [-0.39, 0.29) is 5.91 Å². The van der Waals surface area contributed by atoms with Crippen LogP contribution in [0.15, 0.2) is 29.3 Å². The minimum atomic E-state index is -0.0115. The number of nitrogens with two attached hydrogens (primary N) is 1. The van der Waals surface area contributed by atoms with Crippen molar-refractivity contribution in [1.82, 2.24) is 10.2 Å². The van der Waals surface area contributed by atoms with Crippen molar-refractivity contribution in [2.75, 3.05) is 19.6 Å². The smallest absolute Gasteiger partial charge is 0.251 e. The number of unbranched alkanes of at least 4 members (excludes halogenated alkanes) is 1. The second-order valence-corrected chi connectivity index (χ2v) is 6.38. The van der Waals surface area contributed by atoms with Crippen molar-refractivity contribution in [3.63, 3.8) is 0 Å². The van der Waals surface area contributed by atoms with Gasteiger partial charge in [-0.15, -0.1) is 0 Å². The Morgan fingerprint density at radius 2 is 1.83 bits per heavy atom. The summed E-state index contributed by atoms with van der Waals surface area (Å²) in [5.74, 6) is 0.626. The molecule has 0 bridgehead atoms. The van der Waals surface area contributed by atoms with Crippen LogP contribution in [-0.4, -0.2) is 36.4 Å². The van der Waals surface area contributed by atoms with Gasteiger partial charge in [-0.2, -0.15) is 0 Å². The van der Waals surface area contributed by atoms with Crippen LogP contribution in [0.5, 0.6) is 0 Å². The largest absolute Gasteiger partial charge is 0.370 e. The van der Waals surface area contributed by atoms with Crippen molar-refractivity contribution >= 4 is 11.9 Å². The van der Waals surface area contributed by atoms with E-state index in [1.165, 1.54) is 25.7 Å². The highest BCUT2D eigenvalue weighted by atomic mass is 16.1. The van der Waals surface area contributed by atoms with Crippen LogP contribution in [0.2, 0.25) is 0 Å². The van der Waals surface area contributed by atoms with Gasteiger partial charge in [0.1, 0.15) is 0 Å². The van der Waals surface area contributed by atoms with Gasteiger partial charge in [0.2, 0.25) is 0 Å². The summed E-state index contributed by atoms with van der Waals surface area (Å²) in [5, 5.41) is 2.93. The first-order chi connectivity index (χ1) is 11.7. The lowest BCUT2D eigenvalue weighted by atomic mass is 10.1. The van der Waals surface area contributed by atoms with Gasteiger partial charge in [0.15, 0.2) is 5.96 Å². The van der Waals surface area contributed by atoms with Gasteiger partial charge in [0, 0.05) is 25.2 Å². The number of likely N-dealkylation sites (tertiary alicyclic amines) is 1. The summed E-state index contributed by atoms with van der Waals surface area (Å²) in [6.07, 6.45) is 7.04. The van der Waals surface area contributed by atoms with Crippen molar-refractivity contribution in [1.29, 1.82) is 0 Å². The molecular formula is C19H30N4O. The second-order valence-electron chi connectivity index (χ2n) is 6.38. The maximum absolute atomic E-state index is 12.0. The zero-order valence-corrected chi connectivity index (χ0v) is 14.8. The number of aliphatic imine (C=N–C) groups is 1. The summed E-state index contributed by atoms with van der Waals surface area (Å²) < 4.78 is 0. The summed E-state index contributed by atoms with van der Waals surface area (Å²) in [5.41, 5.74) is 7.88. The second kappa shape index (κ2) is 9.96. The molecule has 0 aromatic heterocycles. The van der Waals surface area contributed by atoms with Crippen LogP contribution in [0.3, 0.4) is 0 Å². The minimum Gasteiger partial charge on any atom is -0.370 e. The molecular weight excluding hydrogens is 300 g/mol. The van der Waals surface area contributed by atoms with Gasteiger partial charge in [-0.3, -0.25) is 4.79 Å². The molecule has 0 unspecified atom stereocenters. The average Bonchev–Trinajstić information content (AvgIpc) is 2.89. The SMILES string of the molecule is CCCCNC(=O)c1ccc(CN=C(N)N2CCCCCC2)cc1. The quantitative estimate of drug-likeness (QED) is 0.479. The van der Waals surface area contributed by atoms with E-state index in [1.807, 2.05) is 24.3 Å². The molecule has 2 rings (SSSR count). The maximum Gasteiger partial charge on any atom is 0.251 e. The normalized spacial score (nSPS) is 15.9. The van der Waals surface area contributed by atoms with Gasteiger partial charge in [-0.1, -0.05) is 38.3 Å². The fourth-order valence-electron chi connectivity index (χ4n) is 2.81. The zero-order chi connectivity index (χ0) is 17.2. The maximum atomic E-state index is 12.0. The molecule has 0 radical (unpaired) electrons. The number of carbonyl (C=O) groups excluding carboxylic acids is 1. The van der Waals surface area contributed by atoms with Gasteiger partial charge < -0.3 is 16.0 Å². The van der Waals surface area contributed by atoms with Crippen LogP contribution >= 0.6 is 0 Å². The molecule has 1 amide bonds. The highest BCUT2D eigenvalue weighted by Gasteiger charge is 2.10. The van der Waals surface area contributed by atoms with E-state index in [4.69, 9.17) is 5.73 Å². The molecule has 0 atom stereocenters. The Bertz CT molecular complexity index is 531.